The summed E-state index contributed by atoms with van der Waals surface area (Å²) < 4.78 is 7.22. The predicted octanol–water partition coefficient (Wildman–Crippen LogP) is 2.64. The van der Waals surface area contributed by atoms with Crippen molar-refractivity contribution >= 4 is 11.6 Å². The zero-order chi connectivity index (χ0) is 17.2. The van der Waals surface area contributed by atoms with Crippen molar-refractivity contribution < 1.29 is 9.53 Å². The molecule has 2 aromatic heterocycles. The van der Waals surface area contributed by atoms with E-state index < -0.39 is 0 Å². The smallest absolute Gasteiger partial charge is 0.227 e. The molecule has 0 spiro atoms. The Labute approximate surface area is 146 Å². The Morgan fingerprint density at radius 1 is 1.24 bits per heavy atom. The van der Waals surface area contributed by atoms with E-state index in [9.17, 15) is 4.79 Å². The van der Waals surface area contributed by atoms with Gasteiger partial charge in [0.2, 0.25) is 5.91 Å². The number of hydrogen-bond donors (Lipinski definition) is 0. The molecule has 1 saturated heterocycles. The number of methoxy groups -OCH3 is 1. The van der Waals surface area contributed by atoms with Crippen LogP contribution in [-0.2, 0) is 11.2 Å². The van der Waals surface area contributed by atoms with Crippen molar-refractivity contribution in [1.82, 2.24) is 19.5 Å². The summed E-state index contributed by atoms with van der Waals surface area (Å²) in [6.45, 7) is 0.759. The van der Waals surface area contributed by atoms with Gasteiger partial charge in [-0.15, -0.1) is 10.2 Å². The number of ether oxygens (including phenoxy) is 1. The molecule has 6 heteroatoms. The van der Waals surface area contributed by atoms with E-state index in [0.29, 0.717) is 6.42 Å². The van der Waals surface area contributed by atoms with Crippen LogP contribution in [0.25, 0.3) is 5.65 Å². The molecule has 1 amide bonds. The molecule has 4 rings (SSSR count). The molecule has 6 nitrogen and oxygen atoms in total. The predicted molar refractivity (Wildman–Crippen MR) is 93.4 cm³/mol. The summed E-state index contributed by atoms with van der Waals surface area (Å²) in [6.07, 6.45) is 4.22. The highest BCUT2D eigenvalue weighted by molar-refractivity contribution is 5.79. The van der Waals surface area contributed by atoms with Gasteiger partial charge in [0.05, 0.1) is 19.6 Å². The van der Waals surface area contributed by atoms with Gasteiger partial charge >= 0.3 is 0 Å². The van der Waals surface area contributed by atoms with Crippen LogP contribution in [0.2, 0.25) is 0 Å². The number of rotatable bonds is 4. The Bertz CT molecular complexity index is 905. The van der Waals surface area contributed by atoms with Crippen molar-refractivity contribution in [3.8, 4) is 5.75 Å². The van der Waals surface area contributed by atoms with Crippen LogP contribution in [0.5, 0.6) is 5.75 Å². The number of carbonyl (C=O) groups is 1. The number of hydrogen-bond acceptors (Lipinski definition) is 4. The molecule has 0 radical (unpaired) electrons. The zero-order valence-corrected chi connectivity index (χ0v) is 14.1. The lowest BCUT2D eigenvalue weighted by atomic mass is 10.1. The van der Waals surface area contributed by atoms with Gasteiger partial charge in [-0.2, -0.15) is 0 Å². The normalized spacial score (nSPS) is 17.2. The van der Waals surface area contributed by atoms with E-state index in [1.165, 1.54) is 0 Å². The monoisotopic (exact) mass is 336 g/mol. The highest BCUT2D eigenvalue weighted by Gasteiger charge is 2.33. The Morgan fingerprint density at radius 3 is 3.04 bits per heavy atom. The number of benzene rings is 1. The molecular formula is C19H20N4O2. The van der Waals surface area contributed by atoms with Gasteiger partial charge in [0.15, 0.2) is 11.5 Å². The number of nitrogens with zero attached hydrogens (tertiary/aromatic N) is 4. The first kappa shape index (κ1) is 15.6. The van der Waals surface area contributed by atoms with E-state index in [2.05, 4.69) is 10.2 Å². The summed E-state index contributed by atoms with van der Waals surface area (Å²) in [5.41, 5.74) is 1.77. The Morgan fingerprint density at radius 2 is 2.16 bits per heavy atom. The minimum absolute atomic E-state index is 0.0180. The number of amides is 1. The number of aromatic nitrogens is 3. The maximum absolute atomic E-state index is 12.9. The summed E-state index contributed by atoms with van der Waals surface area (Å²) in [6, 6.07) is 13.5. The van der Waals surface area contributed by atoms with Gasteiger partial charge in [-0.25, -0.2) is 0 Å². The van der Waals surface area contributed by atoms with Crippen molar-refractivity contribution in [2.24, 2.45) is 0 Å². The first-order chi connectivity index (χ1) is 12.3. The summed E-state index contributed by atoms with van der Waals surface area (Å²) in [5, 5.41) is 8.57. The van der Waals surface area contributed by atoms with Gasteiger partial charge in [-0.05, 0) is 42.7 Å². The van der Waals surface area contributed by atoms with Crippen LogP contribution in [0.1, 0.15) is 30.3 Å². The molecule has 3 aromatic rings. The molecule has 0 saturated carbocycles. The van der Waals surface area contributed by atoms with Crippen LogP contribution in [0, 0.1) is 0 Å². The molecular weight excluding hydrogens is 316 g/mol. The molecule has 1 aliphatic rings. The van der Waals surface area contributed by atoms with Gasteiger partial charge in [0, 0.05) is 12.7 Å². The van der Waals surface area contributed by atoms with Crippen molar-refractivity contribution in [1.29, 1.82) is 0 Å². The lowest BCUT2D eigenvalue weighted by Gasteiger charge is -2.23. The van der Waals surface area contributed by atoms with Crippen LogP contribution in [0.15, 0.2) is 48.7 Å². The molecule has 0 bridgehead atoms. The lowest BCUT2D eigenvalue weighted by molar-refractivity contribution is -0.131. The molecule has 3 heterocycles. The third-order valence-electron chi connectivity index (χ3n) is 4.70. The molecule has 1 fully saturated rings. The molecule has 1 aliphatic heterocycles. The molecule has 1 atom stereocenters. The lowest BCUT2D eigenvalue weighted by Crippen LogP contribution is -2.32. The molecule has 128 valence electrons. The summed E-state index contributed by atoms with van der Waals surface area (Å²) in [7, 11) is 1.63. The zero-order valence-electron chi connectivity index (χ0n) is 14.1. The van der Waals surface area contributed by atoms with Crippen LogP contribution in [0.4, 0.5) is 0 Å². The van der Waals surface area contributed by atoms with E-state index >= 15 is 0 Å². The van der Waals surface area contributed by atoms with E-state index in [1.54, 1.807) is 7.11 Å². The van der Waals surface area contributed by atoms with Crippen molar-refractivity contribution in [3.05, 3.63) is 60.0 Å². The average molecular weight is 336 g/mol. The fourth-order valence-electron chi connectivity index (χ4n) is 3.48. The highest BCUT2D eigenvalue weighted by Crippen LogP contribution is 2.31. The summed E-state index contributed by atoms with van der Waals surface area (Å²) >= 11 is 0. The minimum atomic E-state index is -0.0180. The largest absolute Gasteiger partial charge is 0.497 e. The fraction of sp³-hybridized carbons (Fsp3) is 0.316. The molecule has 1 aromatic carbocycles. The van der Waals surface area contributed by atoms with Crippen LogP contribution in [-0.4, -0.2) is 39.1 Å². The van der Waals surface area contributed by atoms with Gasteiger partial charge in [-0.3, -0.25) is 9.20 Å². The number of fused-ring (bicyclic) bond motifs is 1. The molecule has 0 aliphatic carbocycles. The standard InChI is InChI=1S/C19H20N4O2/c1-25-15-7-4-6-14(12-15)13-18(24)22-11-5-8-16(22)19-21-20-17-9-2-3-10-23(17)19/h2-4,6-7,9-10,12,16H,5,8,11,13H2,1H3. The van der Waals surface area contributed by atoms with Gasteiger partial charge < -0.3 is 9.64 Å². The average Bonchev–Trinajstić information content (AvgIpc) is 3.28. The third-order valence-corrected chi connectivity index (χ3v) is 4.70. The second kappa shape index (κ2) is 6.55. The fourth-order valence-corrected chi connectivity index (χ4v) is 3.48. The van der Waals surface area contributed by atoms with E-state index in [0.717, 1.165) is 42.2 Å². The molecule has 25 heavy (non-hydrogen) atoms. The molecule has 1 unspecified atom stereocenters. The Kier molecular flexibility index (Phi) is 4.09. The van der Waals surface area contributed by atoms with Gasteiger partial charge in [0.25, 0.3) is 0 Å². The van der Waals surface area contributed by atoms with Crippen molar-refractivity contribution in [2.45, 2.75) is 25.3 Å². The van der Waals surface area contributed by atoms with Crippen molar-refractivity contribution in [3.63, 3.8) is 0 Å². The third kappa shape index (κ3) is 2.95. The number of likely N-dealkylation sites (tertiary alicyclic amines) is 1. The van der Waals surface area contributed by atoms with Crippen LogP contribution < -0.4 is 4.74 Å². The first-order valence-electron chi connectivity index (χ1n) is 8.48. The van der Waals surface area contributed by atoms with E-state index in [4.69, 9.17) is 4.74 Å². The van der Waals surface area contributed by atoms with Gasteiger partial charge in [0.1, 0.15) is 5.75 Å². The topological polar surface area (TPSA) is 59.7 Å². The second-order valence-electron chi connectivity index (χ2n) is 6.26. The number of pyridine rings is 1. The highest BCUT2D eigenvalue weighted by atomic mass is 16.5. The summed E-state index contributed by atoms with van der Waals surface area (Å²) in [5.74, 6) is 1.72. The first-order valence-corrected chi connectivity index (χ1v) is 8.48. The number of carbonyl (C=O) groups excluding carboxylic acids is 1. The van der Waals surface area contributed by atoms with Crippen LogP contribution >= 0.6 is 0 Å². The Hall–Kier alpha value is -2.89. The van der Waals surface area contributed by atoms with E-state index in [-0.39, 0.29) is 11.9 Å². The van der Waals surface area contributed by atoms with E-state index in [1.807, 2.05) is 58.0 Å². The second-order valence-corrected chi connectivity index (χ2v) is 6.26. The molecule has 0 N–H and O–H groups in total. The maximum atomic E-state index is 12.9. The minimum Gasteiger partial charge on any atom is -0.497 e. The SMILES string of the molecule is COc1cccc(CC(=O)N2CCCC2c2nnc3ccccn23)c1. The van der Waals surface area contributed by atoms with Crippen LogP contribution in [0.3, 0.4) is 0 Å². The van der Waals surface area contributed by atoms with Gasteiger partial charge in [-0.1, -0.05) is 18.2 Å². The maximum Gasteiger partial charge on any atom is 0.227 e. The Balaban J connectivity index is 1.57. The quantitative estimate of drug-likeness (QED) is 0.735. The summed E-state index contributed by atoms with van der Waals surface area (Å²) in [4.78, 5) is 14.8. The van der Waals surface area contributed by atoms with Crippen molar-refractivity contribution in [2.75, 3.05) is 13.7 Å².